The van der Waals surface area contributed by atoms with Crippen LogP contribution in [0.1, 0.15) is 5.56 Å². The summed E-state index contributed by atoms with van der Waals surface area (Å²) in [5.41, 5.74) is 2.88. The number of aromatic nitrogens is 1. The van der Waals surface area contributed by atoms with Crippen LogP contribution in [0.2, 0.25) is 0 Å². The lowest BCUT2D eigenvalue weighted by molar-refractivity contribution is -0.120. The Morgan fingerprint density at radius 2 is 1.83 bits per heavy atom. The van der Waals surface area contributed by atoms with E-state index >= 15 is 0 Å². The van der Waals surface area contributed by atoms with E-state index in [0.29, 0.717) is 17.3 Å². The number of benzene rings is 2. The summed E-state index contributed by atoms with van der Waals surface area (Å²) in [4.78, 5) is 31.4. The number of fused-ring (bicyclic) bond motifs is 1. The van der Waals surface area contributed by atoms with E-state index < -0.39 is 39.8 Å². The number of hydrogen-bond donors (Lipinski definition) is 2. The van der Waals surface area contributed by atoms with Crippen LogP contribution in [0.15, 0.2) is 41.9 Å². The lowest BCUT2D eigenvalue weighted by Crippen LogP contribution is -2.54. The minimum Gasteiger partial charge on any atom is -0.383 e. The van der Waals surface area contributed by atoms with Crippen molar-refractivity contribution in [2.45, 2.75) is 12.5 Å². The smallest absolute Gasteiger partial charge is 0.330 e. The minimum atomic E-state index is -4.24. The van der Waals surface area contributed by atoms with E-state index in [9.17, 15) is 26.8 Å². The van der Waals surface area contributed by atoms with Crippen LogP contribution >= 0.6 is 11.3 Å². The molecule has 194 valence electrons. The van der Waals surface area contributed by atoms with Crippen molar-refractivity contribution in [3.05, 3.63) is 59.1 Å². The van der Waals surface area contributed by atoms with Crippen molar-refractivity contribution in [3.63, 3.8) is 0 Å². The molecule has 3 aromatic rings. The first-order valence-corrected chi connectivity index (χ1v) is 12.9. The summed E-state index contributed by atoms with van der Waals surface area (Å²) in [6.45, 7) is 0.0747. The fourth-order valence-corrected chi connectivity index (χ4v) is 4.73. The highest BCUT2D eigenvalue weighted by molar-refractivity contribution is 7.87. The molecule has 0 bridgehead atoms. The predicted molar refractivity (Wildman–Crippen MR) is 132 cm³/mol. The van der Waals surface area contributed by atoms with Gasteiger partial charge in [0.05, 0.1) is 22.3 Å². The van der Waals surface area contributed by atoms with Gasteiger partial charge in [0.25, 0.3) is 0 Å². The van der Waals surface area contributed by atoms with Crippen LogP contribution in [0.5, 0.6) is 0 Å². The van der Waals surface area contributed by atoms with E-state index in [4.69, 9.17) is 4.74 Å². The van der Waals surface area contributed by atoms with E-state index in [2.05, 4.69) is 10.3 Å². The molecule has 2 aromatic carbocycles. The van der Waals surface area contributed by atoms with Gasteiger partial charge in [0.15, 0.2) is 0 Å². The fraction of sp³-hybridized carbons (Fsp3) is 0.318. The molecule has 0 radical (unpaired) electrons. The predicted octanol–water partition coefficient (Wildman–Crippen LogP) is 2.27. The van der Waals surface area contributed by atoms with Gasteiger partial charge in [-0.05, 0) is 35.9 Å². The highest BCUT2D eigenvalue weighted by Gasteiger charge is 2.28. The average molecular weight is 542 g/mol. The van der Waals surface area contributed by atoms with Gasteiger partial charge in [-0.15, -0.1) is 11.3 Å². The number of ether oxygens (including phenoxy) is 1. The van der Waals surface area contributed by atoms with Gasteiger partial charge in [-0.25, -0.2) is 23.3 Å². The number of nitrogens with zero attached hydrogens (tertiary/aromatic N) is 3. The van der Waals surface area contributed by atoms with Crippen LogP contribution in [0, 0.1) is 11.6 Å². The Labute approximate surface area is 211 Å². The molecule has 3 amide bonds. The molecule has 2 N–H and O–H groups in total. The first-order chi connectivity index (χ1) is 17.0. The molecule has 0 aliphatic carbocycles. The molecule has 36 heavy (non-hydrogen) atoms. The Balaban J connectivity index is 1.84. The van der Waals surface area contributed by atoms with Crippen molar-refractivity contribution in [3.8, 4) is 0 Å². The van der Waals surface area contributed by atoms with Gasteiger partial charge < -0.3 is 15.0 Å². The molecule has 3 rings (SSSR count). The van der Waals surface area contributed by atoms with Crippen LogP contribution in [0.25, 0.3) is 10.2 Å². The molecule has 1 aromatic heterocycles. The molecule has 1 atom stereocenters. The Hall–Kier alpha value is -3.20. The lowest BCUT2D eigenvalue weighted by atomic mass is 10.0. The molecule has 0 saturated heterocycles. The number of rotatable bonds is 10. The normalized spacial score (nSPS) is 12.5. The zero-order valence-electron chi connectivity index (χ0n) is 19.7. The van der Waals surface area contributed by atoms with Crippen LogP contribution in [0.3, 0.4) is 0 Å². The number of carbonyl (C=O) groups is 2. The topological polar surface area (TPSA) is 121 Å². The van der Waals surface area contributed by atoms with E-state index in [-0.39, 0.29) is 25.1 Å². The molecule has 0 aliphatic rings. The Morgan fingerprint density at radius 3 is 2.50 bits per heavy atom. The molecule has 0 spiro atoms. The molecular formula is C22H25F2N5O5S2. The van der Waals surface area contributed by atoms with Crippen LogP contribution < -0.4 is 14.9 Å². The van der Waals surface area contributed by atoms with Gasteiger partial charge in [-0.2, -0.15) is 12.7 Å². The highest BCUT2D eigenvalue weighted by atomic mass is 32.2. The number of carbonyl (C=O) groups excluding carboxylic acids is 2. The molecule has 14 heteroatoms. The largest absolute Gasteiger partial charge is 0.383 e. The van der Waals surface area contributed by atoms with E-state index in [1.165, 1.54) is 37.4 Å². The third-order valence-corrected chi connectivity index (χ3v) is 7.50. The summed E-state index contributed by atoms with van der Waals surface area (Å²) in [5.74, 6) is -2.36. The number of hydrogen-bond acceptors (Lipinski definition) is 7. The Morgan fingerprint density at radius 1 is 1.14 bits per heavy atom. The highest BCUT2D eigenvalue weighted by Crippen LogP contribution is 2.24. The third-order valence-electron chi connectivity index (χ3n) is 5.24. The number of likely N-dealkylation sites (N-methyl/N-ethyl adjacent to an activating group) is 2. The second-order valence-corrected chi connectivity index (χ2v) is 10.5. The first-order valence-electron chi connectivity index (χ1n) is 10.6. The molecule has 0 saturated carbocycles. The summed E-state index contributed by atoms with van der Waals surface area (Å²) < 4.78 is 60.7. The molecule has 0 aliphatic heterocycles. The van der Waals surface area contributed by atoms with E-state index in [1.54, 1.807) is 23.7 Å². The summed E-state index contributed by atoms with van der Waals surface area (Å²) in [6.07, 6.45) is -0.302. The quantitative estimate of drug-likeness (QED) is 0.406. The maximum absolute atomic E-state index is 13.8. The van der Waals surface area contributed by atoms with Gasteiger partial charge in [-0.1, -0.05) is 0 Å². The number of methoxy groups -OCH3 is 1. The molecule has 0 fully saturated rings. The van der Waals surface area contributed by atoms with Crippen molar-refractivity contribution >= 4 is 49.4 Å². The number of halogens is 2. The number of urea groups is 1. The van der Waals surface area contributed by atoms with Crippen molar-refractivity contribution < 1.29 is 31.5 Å². The summed E-state index contributed by atoms with van der Waals surface area (Å²) >= 11 is 1.43. The van der Waals surface area contributed by atoms with E-state index in [1.807, 2.05) is 4.72 Å². The number of anilines is 1. The monoisotopic (exact) mass is 541 g/mol. The molecule has 0 unspecified atom stereocenters. The van der Waals surface area contributed by atoms with Gasteiger partial charge in [0, 0.05) is 45.9 Å². The second kappa shape index (κ2) is 11.7. The average Bonchev–Trinajstić information content (AvgIpc) is 3.28. The van der Waals surface area contributed by atoms with Gasteiger partial charge in [0.2, 0.25) is 5.91 Å². The number of nitrogens with one attached hydrogen (secondary N) is 2. The summed E-state index contributed by atoms with van der Waals surface area (Å²) in [6, 6.07) is 5.34. The van der Waals surface area contributed by atoms with Crippen LogP contribution in [-0.2, 0) is 26.2 Å². The molecule has 1 heterocycles. The zero-order chi connectivity index (χ0) is 26.5. The molecule has 10 nitrogen and oxygen atoms in total. The van der Waals surface area contributed by atoms with Crippen molar-refractivity contribution in [2.75, 3.05) is 39.3 Å². The van der Waals surface area contributed by atoms with Crippen molar-refractivity contribution in [2.24, 2.45) is 0 Å². The minimum absolute atomic E-state index is 0.0219. The molecular weight excluding hydrogens is 516 g/mol. The lowest BCUT2D eigenvalue weighted by Gasteiger charge is -2.25. The van der Waals surface area contributed by atoms with Gasteiger partial charge >= 0.3 is 16.2 Å². The van der Waals surface area contributed by atoms with Crippen LogP contribution in [-0.4, -0.2) is 70.0 Å². The Kier molecular flexibility index (Phi) is 8.89. The first kappa shape index (κ1) is 27.4. The Bertz CT molecular complexity index is 1330. The van der Waals surface area contributed by atoms with Gasteiger partial charge in [-0.3, -0.25) is 4.79 Å². The number of thiazole rings is 1. The van der Waals surface area contributed by atoms with Crippen LogP contribution in [0.4, 0.5) is 19.3 Å². The summed E-state index contributed by atoms with van der Waals surface area (Å²) in [7, 11) is -0.135. The standard InChI is InChI=1S/C22H25F2N5O5S2/c1-28(6-7-34-3)36(32,33)27-22(31)26-19(10-14-8-15(23)11-16(24)9-14)21(30)29(2)17-4-5-20-18(12-17)25-13-35-20/h4-5,8-9,11-13,19H,6-7,10H2,1-3H3,(H2,26,27,31)/t19-/m0/s1. The van der Waals surface area contributed by atoms with Crippen molar-refractivity contribution in [1.29, 1.82) is 0 Å². The van der Waals surface area contributed by atoms with Gasteiger partial charge in [0.1, 0.15) is 17.7 Å². The maximum atomic E-state index is 13.8. The van der Waals surface area contributed by atoms with Crippen molar-refractivity contribution in [1.82, 2.24) is 19.3 Å². The number of amides is 3. The fourth-order valence-electron chi connectivity index (χ4n) is 3.30. The third kappa shape index (κ3) is 6.94. The summed E-state index contributed by atoms with van der Waals surface area (Å²) in [5, 5.41) is 2.32. The SMILES string of the molecule is COCCN(C)S(=O)(=O)NC(=O)N[C@@H](Cc1cc(F)cc(F)c1)C(=O)N(C)c1ccc2scnc2c1. The second-order valence-electron chi connectivity index (χ2n) is 7.83. The van der Waals surface area contributed by atoms with E-state index in [0.717, 1.165) is 21.1 Å². The zero-order valence-corrected chi connectivity index (χ0v) is 21.3. The maximum Gasteiger partial charge on any atom is 0.330 e.